The number of rotatable bonds is 9. The first kappa shape index (κ1) is 22.0. The van der Waals surface area contributed by atoms with Crippen molar-refractivity contribution in [3.8, 4) is 17.2 Å². The van der Waals surface area contributed by atoms with Crippen LogP contribution >= 0.6 is 0 Å². The lowest BCUT2D eigenvalue weighted by Gasteiger charge is -2.14. The van der Waals surface area contributed by atoms with Crippen LogP contribution in [0.4, 0.5) is 0 Å². The third-order valence-corrected chi connectivity index (χ3v) is 4.70. The SMILES string of the molecule is CCOc1cccc(C(=O)c2ncc(C(N)=NCCN)c3cc(OC)c(OC)cc23)c1. The highest BCUT2D eigenvalue weighted by Gasteiger charge is 2.20. The molecular weight excluding hydrogens is 396 g/mol. The Balaban J connectivity index is 2.22. The van der Waals surface area contributed by atoms with Gasteiger partial charge < -0.3 is 25.7 Å². The summed E-state index contributed by atoms with van der Waals surface area (Å²) in [6.07, 6.45) is 1.54. The topological polar surface area (TPSA) is 122 Å². The van der Waals surface area contributed by atoms with Gasteiger partial charge in [0.15, 0.2) is 11.5 Å². The van der Waals surface area contributed by atoms with Gasteiger partial charge in [0.1, 0.15) is 17.3 Å². The molecule has 0 saturated heterocycles. The predicted octanol–water partition coefficient (Wildman–Crippen LogP) is 2.55. The van der Waals surface area contributed by atoms with E-state index in [1.807, 2.05) is 6.92 Å². The summed E-state index contributed by atoms with van der Waals surface area (Å²) in [5.74, 6) is 1.64. The van der Waals surface area contributed by atoms with Crippen molar-refractivity contribution in [3.63, 3.8) is 0 Å². The zero-order valence-corrected chi connectivity index (χ0v) is 17.8. The van der Waals surface area contributed by atoms with Crippen LogP contribution < -0.4 is 25.7 Å². The van der Waals surface area contributed by atoms with Crippen molar-refractivity contribution in [2.75, 3.05) is 33.9 Å². The first-order valence-corrected chi connectivity index (χ1v) is 9.86. The smallest absolute Gasteiger partial charge is 0.212 e. The molecule has 0 unspecified atom stereocenters. The van der Waals surface area contributed by atoms with Gasteiger partial charge in [-0.2, -0.15) is 0 Å². The van der Waals surface area contributed by atoms with Gasteiger partial charge >= 0.3 is 0 Å². The Morgan fingerprint density at radius 1 is 1.10 bits per heavy atom. The average molecular weight is 422 g/mol. The number of nitrogens with zero attached hydrogens (tertiary/aromatic N) is 2. The van der Waals surface area contributed by atoms with E-state index < -0.39 is 0 Å². The van der Waals surface area contributed by atoms with Crippen LogP contribution in [0.25, 0.3) is 10.8 Å². The van der Waals surface area contributed by atoms with Crippen molar-refractivity contribution in [2.24, 2.45) is 16.5 Å². The highest BCUT2D eigenvalue weighted by atomic mass is 16.5. The quantitative estimate of drug-likeness (QED) is 0.309. The largest absolute Gasteiger partial charge is 0.494 e. The Morgan fingerprint density at radius 2 is 1.81 bits per heavy atom. The maximum atomic E-state index is 13.4. The molecule has 0 bridgehead atoms. The Kier molecular flexibility index (Phi) is 7.04. The fraction of sp³-hybridized carbons (Fsp3) is 0.261. The fourth-order valence-corrected chi connectivity index (χ4v) is 3.25. The second-order valence-corrected chi connectivity index (χ2v) is 6.62. The second-order valence-electron chi connectivity index (χ2n) is 6.62. The Bertz CT molecular complexity index is 1130. The summed E-state index contributed by atoms with van der Waals surface area (Å²) in [5, 5.41) is 1.25. The fourth-order valence-electron chi connectivity index (χ4n) is 3.25. The van der Waals surface area contributed by atoms with Gasteiger partial charge in [-0.25, -0.2) is 0 Å². The molecule has 3 rings (SSSR count). The monoisotopic (exact) mass is 422 g/mol. The Labute approximate surface area is 180 Å². The first-order chi connectivity index (χ1) is 15.0. The number of hydrogen-bond acceptors (Lipinski definition) is 7. The molecular formula is C23H26N4O4. The molecule has 0 aliphatic carbocycles. The number of ether oxygens (including phenoxy) is 3. The van der Waals surface area contributed by atoms with Gasteiger partial charge in [-0.1, -0.05) is 12.1 Å². The van der Waals surface area contributed by atoms with Crippen LogP contribution in [-0.2, 0) is 0 Å². The summed E-state index contributed by atoms with van der Waals surface area (Å²) in [5.41, 5.74) is 13.0. The molecule has 0 radical (unpaired) electrons. The number of methoxy groups -OCH3 is 2. The number of ketones is 1. The maximum Gasteiger partial charge on any atom is 0.212 e. The molecule has 0 spiro atoms. The third-order valence-electron chi connectivity index (χ3n) is 4.70. The Hall–Kier alpha value is -3.65. The number of hydrogen-bond donors (Lipinski definition) is 2. The number of aliphatic imine (C=N–C) groups is 1. The molecule has 1 aromatic heterocycles. The first-order valence-electron chi connectivity index (χ1n) is 9.86. The zero-order valence-electron chi connectivity index (χ0n) is 17.8. The molecule has 3 aromatic rings. The van der Waals surface area contributed by atoms with E-state index in [4.69, 9.17) is 25.7 Å². The molecule has 4 N–H and O–H groups in total. The number of carbonyl (C=O) groups excluding carboxylic acids is 1. The van der Waals surface area contributed by atoms with Crippen molar-refractivity contribution >= 4 is 22.4 Å². The van der Waals surface area contributed by atoms with Crippen LogP contribution in [0, 0.1) is 0 Å². The van der Waals surface area contributed by atoms with E-state index in [1.165, 1.54) is 7.11 Å². The molecule has 0 aliphatic rings. The van der Waals surface area contributed by atoms with E-state index in [2.05, 4.69) is 9.98 Å². The minimum absolute atomic E-state index is 0.247. The van der Waals surface area contributed by atoms with Crippen LogP contribution in [0.1, 0.15) is 28.5 Å². The molecule has 0 saturated carbocycles. The van der Waals surface area contributed by atoms with Crippen molar-refractivity contribution in [1.29, 1.82) is 0 Å². The lowest BCUT2D eigenvalue weighted by atomic mass is 9.98. The minimum atomic E-state index is -0.247. The maximum absolute atomic E-state index is 13.4. The summed E-state index contributed by atoms with van der Waals surface area (Å²) in [7, 11) is 3.08. The van der Waals surface area contributed by atoms with Crippen LogP contribution in [0.5, 0.6) is 17.2 Å². The number of amidine groups is 1. The van der Waals surface area contributed by atoms with E-state index >= 15 is 0 Å². The summed E-state index contributed by atoms with van der Waals surface area (Å²) in [4.78, 5) is 22.1. The van der Waals surface area contributed by atoms with E-state index in [-0.39, 0.29) is 17.3 Å². The zero-order chi connectivity index (χ0) is 22.4. The molecule has 0 atom stereocenters. The molecule has 2 aromatic carbocycles. The van der Waals surface area contributed by atoms with Gasteiger partial charge in [0.25, 0.3) is 0 Å². The van der Waals surface area contributed by atoms with Gasteiger partial charge in [-0.3, -0.25) is 14.8 Å². The van der Waals surface area contributed by atoms with Crippen molar-refractivity contribution in [2.45, 2.75) is 6.92 Å². The molecule has 0 aliphatic heterocycles. The highest BCUT2D eigenvalue weighted by molar-refractivity contribution is 6.19. The second kappa shape index (κ2) is 9.90. The molecule has 0 fully saturated rings. The van der Waals surface area contributed by atoms with Crippen LogP contribution in [0.2, 0.25) is 0 Å². The number of benzene rings is 2. The number of aromatic nitrogens is 1. The summed E-state index contributed by atoms with van der Waals surface area (Å²) in [6, 6.07) is 10.5. The molecule has 8 nitrogen and oxygen atoms in total. The van der Waals surface area contributed by atoms with Crippen LogP contribution in [-0.4, -0.2) is 50.5 Å². The molecule has 0 amide bonds. The van der Waals surface area contributed by atoms with Crippen molar-refractivity contribution < 1.29 is 19.0 Å². The molecule has 31 heavy (non-hydrogen) atoms. The van der Waals surface area contributed by atoms with E-state index in [1.54, 1.807) is 49.7 Å². The molecule has 1 heterocycles. The average Bonchev–Trinajstić information content (AvgIpc) is 2.80. The molecule has 162 valence electrons. The lowest BCUT2D eigenvalue weighted by molar-refractivity contribution is 0.103. The normalized spacial score (nSPS) is 11.4. The number of nitrogens with two attached hydrogens (primary N) is 2. The summed E-state index contributed by atoms with van der Waals surface area (Å²) < 4.78 is 16.4. The standard InChI is InChI=1S/C23H26N4O4/c1-4-31-15-7-5-6-14(10-15)22(28)21-17-12-20(30-3)19(29-2)11-16(17)18(13-27-21)23(25)26-9-8-24/h5-7,10-13H,4,8-9,24H2,1-3H3,(H2,25,26). The predicted molar refractivity (Wildman–Crippen MR) is 121 cm³/mol. The van der Waals surface area contributed by atoms with Gasteiger partial charge in [-0.05, 0) is 31.2 Å². The summed E-state index contributed by atoms with van der Waals surface area (Å²) >= 11 is 0. The van der Waals surface area contributed by atoms with E-state index in [0.29, 0.717) is 58.8 Å². The van der Waals surface area contributed by atoms with Gasteiger partial charge in [-0.15, -0.1) is 0 Å². The van der Waals surface area contributed by atoms with Gasteiger partial charge in [0.2, 0.25) is 5.78 Å². The number of carbonyl (C=O) groups is 1. The minimum Gasteiger partial charge on any atom is -0.494 e. The highest BCUT2D eigenvalue weighted by Crippen LogP contribution is 2.35. The third kappa shape index (κ3) is 4.59. The van der Waals surface area contributed by atoms with Crippen LogP contribution in [0.3, 0.4) is 0 Å². The molecule has 8 heteroatoms. The van der Waals surface area contributed by atoms with E-state index in [0.717, 1.165) is 0 Å². The summed E-state index contributed by atoms with van der Waals surface area (Å²) in [6.45, 7) is 3.14. The van der Waals surface area contributed by atoms with Crippen LogP contribution in [0.15, 0.2) is 47.6 Å². The van der Waals surface area contributed by atoms with E-state index in [9.17, 15) is 4.79 Å². The van der Waals surface area contributed by atoms with Crippen molar-refractivity contribution in [3.05, 3.63) is 59.4 Å². The number of fused-ring (bicyclic) bond motifs is 1. The van der Waals surface area contributed by atoms with Gasteiger partial charge in [0, 0.05) is 34.6 Å². The van der Waals surface area contributed by atoms with Gasteiger partial charge in [0.05, 0.1) is 27.4 Å². The lowest BCUT2D eigenvalue weighted by Crippen LogP contribution is -2.18. The number of pyridine rings is 1. The Morgan fingerprint density at radius 3 is 2.45 bits per heavy atom. The van der Waals surface area contributed by atoms with Crippen molar-refractivity contribution in [1.82, 2.24) is 4.98 Å².